The highest BCUT2D eigenvalue weighted by molar-refractivity contribution is 6.46. The molecule has 3 aromatic carbocycles. The number of imide groups is 1. The molecule has 0 saturated heterocycles. The van der Waals surface area contributed by atoms with E-state index in [0.29, 0.717) is 33.2 Å². The van der Waals surface area contributed by atoms with E-state index in [-0.39, 0.29) is 5.70 Å². The topological polar surface area (TPSA) is 58.6 Å². The zero-order valence-electron chi connectivity index (χ0n) is 17.4. The van der Waals surface area contributed by atoms with Crippen molar-refractivity contribution in [2.75, 3.05) is 17.3 Å². The Morgan fingerprint density at radius 2 is 1.61 bits per heavy atom. The van der Waals surface area contributed by atoms with Crippen molar-refractivity contribution in [1.29, 1.82) is 0 Å². The molecular formula is C25H21ClN2O3. The van der Waals surface area contributed by atoms with Crippen LogP contribution in [0.2, 0.25) is 5.02 Å². The lowest BCUT2D eigenvalue weighted by atomic mass is 10.0. The molecule has 0 bridgehead atoms. The Balaban J connectivity index is 1.85. The number of carbonyl (C=O) groups excluding carboxylic acids is 2. The highest BCUT2D eigenvalue weighted by atomic mass is 35.5. The Bertz CT molecular complexity index is 1220. The van der Waals surface area contributed by atoms with Crippen LogP contribution in [0.5, 0.6) is 5.75 Å². The Labute approximate surface area is 185 Å². The summed E-state index contributed by atoms with van der Waals surface area (Å²) in [6.07, 6.45) is 0. The first-order chi connectivity index (χ1) is 14.9. The fourth-order valence-corrected chi connectivity index (χ4v) is 3.77. The number of hydrogen-bond acceptors (Lipinski definition) is 4. The van der Waals surface area contributed by atoms with Crippen LogP contribution >= 0.6 is 11.6 Å². The van der Waals surface area contributed by atoms with Gasteiger partial charge in [0.15, 0.2) is 0 Å². The van der Waals surface area contributed by atoms with Crippen LogP contribution in [-0.2, 0) is 9.59 Å². The van der Waals surface area contributed by atoms with Crippen molar-refractivity contribution < 1.29 is 14.3 Å². The SMILES string of the molecule is COc1ccc(C2=C(Nc3cccc(C)c3)C(=O)N(c3cccc(Cl)c3C)C2=O)cc1. The second-order valence-electron chi connectivity index (χ2n) is 7.30. The third-order valence-corrected chi connectivity index (χ3v) is 5.64. The Hall–Kier alpha value is -3.57. The second kappa shape index (κ2) is 8.28. The minimum absolute atomic E-state index is 0.222. The van der Waals surface area contributed by atoms with Crippen LogP contribution in [0, 0.1) is 13.8 Å². The Kier molecular flexibility index (Phi) is 5.53. The van der Waals surface area contributed by atoms with Crippen LogP contribution in [0.3, 0.4) is 0 Å². The van der Waals surface area contributed by atoms with Gasteiger partial charge in [-0.05, 0) is 66.9 Å². The monoisotopic (exact) mass is 432 g/mol. The number of rotatable bonds is 5. The van der Waals surface area contributed by atoms with Gasteiger partial charge in [0.25, 0.3) is 11.8 Å². The summed E-state index contributed by atoms with van der Waals surface area (Å²) in [4.78, 5) is 28.2. The molecular weight excluding hydrogens is 412 g/mol. The number of nitrogens with zero attached hydrogens (tertiary/aromatic N) is 1. The molecule has 0 radical (unpaired) electrons. The molecule has 156 valence electrons. The van der Waals surface area contributed by atoms with Crippen molar-refractivity contribution in [3.63, 3.8) is 0 Å². The van der Waals surface area contributed by atoms with Gasteiger partial charge >= 0.3 is 0 Å². The van der Waals surface area contributed by atoms with E-state index in [2.05, 4.69) is 5.32 Å². The molecule has 5 nitrogen and oxygen atoms in total. The van der Waals surface area contributed by atoms with Crippen LogP contribution in [0.15, 0.2) is 72.4 Å². The smallest absolute Gasteiger partial charge is 0.282 e. The second-order valence-corrected chi connectivity index (χ2v) is 7.71. The van der Waals surface area contributed by atoms with Gasteiger partial charge in [-0.2, -0.15) is 0 Å². The summed E-state index contributed by atoms with van der Waals surface area (Å²) >= 11 is 6.27. The van der Waals surface area contributed by atoms with E-state index >= 15 is 0 Å². The fraction of sp³-hybridized carbons (Fsp3) is 0.120. The van der Waals surface area contributed by atoms with Crippen LogP contribution in [0.25, 0.3) is 5.57 Å². The molecule has 0 spiro atoms. The molecule has 0 fully saturated rings. The number of amides is 2. The summed E-state index contributed by atoms with van der Waals surface area (Å²) in [6.45, 7) is 3.75. The number of hydrogen-bond donors (Lipinski definition) is 1. The number of carbonyl (C=O) groups is 2. The Morgan fingerprint density at radius 1 is 0.903 bits per heavy atom. The lowest BCUT2D eigenvalue weighted by molar-refractivity contribution is -0.120. The van der Waals surface area contributed by atoms with E-state index in [4.69, 9.17) is 16.3 Å². The normalized spacial score (nSPS) is 13.7. The van der Waals surface area contributed by atoms with Crippen LogP contribution in [0.4, 0.5) is 11.4 Å². The maximum absolute atomic E-state index is 13.5. The molecule has 0 saturated carbocycles. The fourth-order valence-electron chi connectivity index (χ4n) is 3.60. The van der Waals surface area contributed by atoms with Gasteiger partial charge in [0, 0.05) is 10.7 Å². The predicted molar refractivity (Wildman–Crippen MR) is 123 cm³/mol. The van der Waals surface area contributed by atoms with E-state index in [1.807, 2.05) is 31.2 Å². The summed E-state index contributed by atoms with van der Waals surface area (Å²) in [6, 6.07) is 19.9. The number of ether oxygens (including phenoxy) is 1. The van der Waals surface area contributed by atoms with E-state index in [1.54, 1.807) is 56.5 Å². The number of benzene rings is 3. The molecule has 31 heavy (non-hydrogen) atoms. The summed E-state index contributed by atoms with van der Waals surface area (Å²) in [5.74, 6) is -0.171. The first kappa shape index (κ1) is 20.7. The lowest BCUT2D eigenvalue weighted by Crippen LogP contribution is -2.33. The highest BCUT2D eigenvalue weighted by Gasteiger charge is 2.41. The molecule has 2 amide bonds. The first-order valence-corrected chi connectivity index (χ1v) is 10.1. The molecule has 1 aliphatic rings. The number of nitrogens with one attached hydrogen (secondary N) is 1. The van der Waals surface area contributed by atoms with Crippen molar-refractivity contribution in [2.24, 2.45) is 0 Å². The van der Waals surface area contributed by atoms with E-state index in [9.17, 15) is 9.59 Å². The molecule has 0 aromatic heterocycles. The predicted octanol–water partition coefficient (Wildman–Crippen LogP) is 5.36. The third-order valence-electron chi connectivity index (χ3n) is 5.23. The molecule has 0 atom stereocenters. The number of methoxy groups -OCH3 is 1. The van der Waals surface area contributed by atoms with Crippen molar-refractivity contribution >= 4 is 40.4 Å². The third kappa shape index (κ3) is 3.80. The average molecular weight is 433 g/mol. The maximum Gasteiger partial charge on any atom is 0.282 e. The van der Waals surface area contributed by atoms with Gasteiger partial charge in [-0.3, -0.25) is 9.59 Å². The number of halogens is 1. The molecule has 1 aliphatic heterocycles. The standard InChI is InChI=1S/C25H21ClN2O3/c1-15-6-4-7-18(14-15)27-23-22(17-10-12-19(31-3)13-11-17)24(29)28(25(23)30)21-9-5-8-20(26)16(21)2/h4-14,27H,1-3H3. The minimum atomic E-state index is -0.428. The highest BCUT2D eigenvalue weighted by Crippen LogP contribution is 2.37. The quantitative estimate of drug-likeness (QED) is 0.551. The van der Waals surface area contributed by atoms with Crippen LogP contribution in [-0.4, -0.2) is 18.9 Å². The van der Waals surface area contributed by atoms with E-state index in [1.165, 1.54) is 4.90 Å². The minimum Gasteiger partial charge on any atom is -0.497 e. The van der Waals surface area contributed by atoms with E-state index in [0.717, 1.165) is 11.3 Å². The van der Waals surface area contributed by atoms with Gasteiger partial charge in [-0.25, -0.2) is 4.90 Å². The summed E-state index contributed by atoms with van der Waals surface area (Å²) < 4.78 is 5.23. The van der Waals surface area contributed by atoms with E-state index < -0.39 is 11.8 Å². The largest absolute Gasteiger partial charge is 0.497 e. The summed E-state index contributed by atoms with van der Waals surface area (Å²) in [5, 5.41) is 3.67. The zero-order valence-corrected chi connectivity index (χ0v) is 18.2. The van der Waals surface area contributed by atoms with Crippen molar-refractivity contribution in [2.45, 2.75) is 13.8 Å². The summed E-state index contributed by atoms with van der Waals surface area (Å²) in [7, 11) is 1.58. The van der Waals surface area contributed by atoms with Gasteiger partial charge in [0.1, 0.15) is 11.4 Å². The number of anilines is 2. The maximum atomic E-state index is 13.5. The first-order valence-electron chi connectivity index (χ1n) is 9.77. The molecule has 3 aromatic rings. The molecule has 1 N–H and O–H groups in total. The van der Waals surface area contributed by atoms with Crippen molar-refractivity contribution in [3.05, 3.63) is 94.1 Å². The van der Waals surface area contributed by atoms with Gasteiger partial charge in [0.05, 0.1) is 18.4 Å². The van der Waals surface area contributed by atoms with Gasteiger partial charge in [-0.1, -0.05) is 41.9 Å². The molecule has 6 heteroatoms. The van der Waals surface area contributed by atoms with Gasteiger partial charge in [0.2, 0.25) is 0 Å². The van der Waals surface area contributed by atoms with Gasteiger partial charge < -0.3 is 10.1 Å². The number of aryl methyl sites for hydroxylation is 1. The van der Waals surface area contributed by atoms with Crippen molar-refractivity contribution in [1.82, 2.24) is 0 Å². The zero-order chi connectivity index (χ0) is 22.1. The van der Waals surface area contributed by atoms with Crippen LogP contribution < -0.4 is 15.0 Å². The Morgan fingerprint density at radius 3 is 2.29 bits per heavy atom. The van der Waals surface area contributed by atoms with Crippen molar-refractivity contribution in [3.8, 4) is 5.75 Å². The lowest BCUT2D eigenvalue weighted by Gasteiger charge is -2.18. The molecule has 4 rings (SSSR count). The summed E-state index contributed by atoms with van der Waals surface area (Å²) in [5.41, 5.74) is 4.04. The molecule has 1 heterocycles. The molecule has 0 unspecified atom stereocenters. The average Bonchev–Trinajstić information content (AvgIpc) is 3.00. The molecule has 0 aliphatic carbocycles. The van der Waals surface area contributed by atoms with Gasteiger partial charge in [-0.15, -0.1) is 0 Å². The van der Waals surface area contributed by atoms with Crippen LogP contribution in [0.1, 0.15) is 16.7 Å².